The van der Waals surface area contributed by atoms with Gasteiger partial charge < -0.3 is 14.9 Å². The second-order valence-electron chi connectivity index (χ2n) is 5.39. The van der Waals surface area contributed by atoms with Crippen molar-refractivity contribution in [3.63, 3.8) is 0 Å². The van der Waals surface area contributed by atoms with Crippen LogP contribution in [0.1, 0.15) is 18.5 Å². The number of H-pyrrole nitrogens is 1. The van der Waals surface area contributed by atoms with Gasteiger partial charge in [0.1, 0.15) is 17.9 Å². The minimum Gasteiger partial charge on any atom is -0.508 e. The number of fused-ring (bicyclic) bond motifs is 1. The highest BCUT2D eigenvalue weighted by atomic mass is 16.5. The third-order valence-corrected chi connectivity index (χ3v) is 3.76. The van der Waals surface area contributed by atoms with E-state index in [1.54, 1.807) is 24.3 Å². The fourth-order valence-corrected chi connectivity index (χ4v) is 2.55. The van der Waals surface area contributed by atoms with Crippen molar-refractivity contribution in [2.75, 3.05) is 5.32 Å². The molecule has 0 spiro atoms. The van der Waals surface area contributed by atoms with Crippen LogP contribution in [-0.4, -0.2) is 35.4 Å². The van der Waals surface area contributed by atoms with Crippen LogP contribution >= 0.6 is 0 Å². The lowest BCUT2D eigenvalue weighted by Gasteiger charge is -2.04. The molecule has 0 aliphatic carbocycles. The first kappa shape index (κ1) is 15.1. The van der Waals surface area contributed by atoms with Gasteiger partial charge in [-0.2, -0.15) is 10.1 Å². The van der Waals surface area contributed by atoms with Gasteiger partial charge in [-0.3, -0.25) is 5.10 Å². The Morgan fingerprint density at radius 1 is 1.28 bits per heavy atom. The van der Waals surface area contributed by atoms with Crippen molar-refractivity contribution in [3.05, 3.63) is 42.2 Å². The lowest BCUT2D eigenvalue weighted by atomic mass is 10.2. The highest BCUT2D eigenvalue weighted by Gasteiger charge is 2.13. The maximum Gasteiger partial charge on any atom is 0.246 e. The van der Waals surface area contributed by atoms with E-state index < -0.39 is 0 Å². The Labute approximate surface area is 142 Å². The van der Waals surface area contributed by atoms with E-state index in [0.717, 1.165) is 17.5 Å². The van der Waals surface area contributed by atoms with E-state index in [-0.39, 0.29) is 5.75 Å². The van der Waals surface area contributed by atoms with Crippen LogP contribution < -0.4 is 5.32 Å². The molecule has 3 aromatic heterocycles. The third kappa shape index (κ3) is 2.87. The zero-order chi connectivity index (χ0) is 17.2. The zero-order valence-electron chi connectivity index (χ0n) is 13.4. The quantitative estimate of drug-likeness (QED) is 0.506. The summed E-state index contributed by atoms with van der Waals surface area (Å²) < 4.78 is 5.26. The highest BCUT2D eigenvalue weighted by molar-refractivity contribution is 5.88. The molecule has 0 unspecified atom stereocenters. The first-order valence-electron chi connectivity index (χ1n) is 7.78. The van der Waals surface area contributed by atoms with Crippen molar-refractivity contribution in [1.82, 2.24) is 30.3 Å². The van der Waals surface area contributed by atoms with E-state index in [9.17, 15) is 5.11 Å². The molecular formula is C16H15N7O2. The fourth-order valence-electron chi connectivity index (χ4n) is 2.55. The van der Waals surface area contributed by atoms with Crippen LogP contribution in [0.25, 0.3) is 22.4 Å². The number of rotatable bonds is 5. The molecule has 0 bridgehead atoms. The van der Waals surface area contributed by atoms with E-state index in [2.05, 4.69) is 35.6 Å². The van der Waals surface area contributed by atoms with Crippen LogP contribution in [0.15, 0.2) is 35.1 Å². The summed E-state index contributed by atoms with van der Waals surface area (Å²) in [7, 11) is 0. The van der Waals surface area contributed by atoms with E-state index in [4.69, 9.17) is 4.52 Å². The second-order valence-corrected chi connectivity index (χ2v) is 5.39. The van der Waals surface area contributed by atoms with Gasteiger partial charge >= 0.3 is 0 Å². The van der Waals surface area contributed by atoms with Crippen molar-refractivity contribution in [2.24, 2.45) is 0 Å². The summed E-state index contributed by atoms with van der Waals surface area (Å²) in [6.07, 6.45) is 2.25. The van der Waals surface area contributed by atoms with E-state index >= 15 is 0 Å². The summed E-state index contributed by atoms with van der Waals surface area (Å²) in [5.41, 5.74) is 2.26. The summed E-state index contributed by atoms with van der Waals surface area (Å²) in [5.74, 6) is 1.63. The largest absolute Gasteiger partial charge is 0.508 e. The molecule has 9 nitrogen and oxygen atoms in total. The molecule has 0 radical (unpaired) electrons. The smallest absolute Gasteiger partial charge is 0.246 e. The molecule has 3 N–H and O–H groups in total. The van der Waals surface area contributed by atoms with Gasteiger partial charge in [0.2, 0.25) is 11.7 Å². The number of aromatic hydroxyl groups is 1. The van der Waals surface area contributed by atoms with Crippen molar-refractivity contribution in [3.8, 4) is 17.1 Å². The number of hydrogen-bond acceptors (Lipinski definition) is 8. The fraction of sp³-hybridized carbons (Fsp3) is 0.188. The number of hydrogen-bond donors (Lipinski definition) is 3. The van der Waals surface area contributed by atoms with Gasteiger partial charge in [-0.25, -0.2) is 9.97 Å². The van der Waals surface area contributed by atoms with Gasteiger partial charge in [0.15, 0.2) is 5.65 Å². The van der Waals surface area contributed by atoms with Crippen molar-refractivity contribution >= 4 is 16.9 Å². The Kier molecular flexibility index (Phi) is 3.73. The average Bonchev–Trinajstić information content (AvgIpc) is 3.27. The number of anilines is 1. The van der Waals surface area contributed by atoms with Crippen LogP contribution in [0.2, 0.25) is 0 Å². The Morgan fingerprint density at radius 3 is 3.04 bits per heavy atom. The summed E-state index contributed by atoms with van der Waals surface area (Å²) in [6.45, 7) is 2.34. The SMILES string of the molecule is CCc1[nH]nc2ncnc(NCc3nc(-c4cccc(O)c4)no3)c12. The van der Waals surface area contributed by atoms with Gasteiger partial charge in [0.25, 0.3) is 0 Å². The van der Waals surface area contributed by atoms with Gasteiger partial charge in [-0.15, -0.1) is 0 Å². The van der Waals surface area contributed by atoms with Crippen molar-refractivity contribution < 1.29 is 9.63 Å². The van der Waals surface area contributed by atoms with E-state index in [0.29, 0.717) is 35.3 Å². The molecule has 4 rings (SSSR count). The standard InChI is InChI=1S/C16H15N7O2/c1-2-11-13-15(18-8-19-16(13)22-21-11)17-7-12-20-14(23-25-12)9-4-3-5-10(24)6-9/h3-6,8,24H,2,7H2,1H3,(H2,17,18,19,21,22). The molecule has 3 heterocycles. The summed E-state index contributed by atoms with van der Waals surface area (Å²) in [6, 6.07) is 6.69. The molecule has 4 aromatic rings. The van der Waals surface area contributed by atoms with E-state index in [1.807, 2.05) is 6.92 Å². The monoisotopic (exact) mass is 337 g/mol. The number of phenolic OH excluding ortho intramolecular Hbond substituents is 1. The number of aromatic amines is 1. The lowest BCUT2D eigenvalue weighted by Crippen LogP contribution is -2.03. The third-order valence-electron chi connectivity index (χ3n) is 3.76. The predicted molar refractivity (Wildman–Crippen MR) is 89.8 cm³/mol. The number of nitrogens with zero attached hydrogens (tertiary/aromatic N) is 5. The Hall–Kier alpha value is -3.49. The van der Waals surface area contributed by atoms with Crippen LogP contribution in [0, 0.1) is 0 Å². The van der Waals surface area contributed by atoms with Crippen LogP contribution in [0.4, 0.5) is 5.82 Å². The molecule has 0 fully saturated rings. The number of aromatic nitrogens is 6. The Bertz CT molecular complexity index is 1020. The van der Waals surface area contributed by atoms with Gasteiger partial charge in [-0.1, -0.05) is 24.2 Å². The lowest BCUT2D eigenvalue weighted by molar-refractivity contribution is 0.384. The first-order chi connectivity index (χ1) is 12.2. The molecule has 0 atom stereocenters. The number of phenols is 1. The van der Waals surface area contributed by atoms with Gasteiger partial charge in [0.05, 0.1) is 11.9 Å². The van der Waals surface area contributed by atoms with Gasteiger partial charge in [-0.05, 0) is 18.6 Å². The summed E-state index contributed by atoms with van der Waals surface area (Å²) in [5, 5.41) is 24.7. The molecule has 0 amide bonds. The van der Waals surface area contributed by atoms with Crippen LogP contribution in [-0.2, 0) is 13.0 Å². The summed E-state index contributed by atoms with van der Waals surface area (Å²) >= 11 is 0. The van der Waals surface area contributed by atoms with Crippen LogP contribution in [0.5, 0.6) is 5.75 Å². The molecule has 25 heavy (non-hydrogen) atoms. The molecule has 0 aliphatic rings. The normalized spacial score (nSPS) is 11.1. The molecule has 9 heteroatoms. The maximum atomic E-state index is 9.54. The molecular weight excluding hydrogens is 322 g/mol. The Morgan fingerprint density at radius 2 is 2.20 bits per heavy atom. The maximum absolute atomic E-state index is 9.54. The minimum absolute atomic E-state index is 0.150. The van der Waals surface area contributed by atoms with Crippen molar-refractivity contribution in [1.29, 1.82) is 0 Å². The average molecular weight is 337 g/mol. The topological polar surface area (TPSA) is 126 Å². The predicted octanol–water partition coefficient (Wildman–Crippen LogP) is 2.28. The minimum atomic E-state index is 0.150. The first-order valence-corrected chi connectivity index (χ1v) is 7.78. The molecule has 126 valence electrons. The summed E-state index contributed by atoms with van der Waals surface area (Å²) in [4.78, 5) is 12.8. The Balaban J connectivity index is 1.56. The molecule has 0 aliphatic heterocycles. The number of nitrogens with one attached hydrogen (secondary N) is 2. The van der Waals surface area contributed by atoms with Crippen molar-refractivity contribution in [2.45, 2.75) is 19.9 Å². The zero-order valence-corrected chi connectivity index (χ0v) is 13.4. The van der Waals surface area contributed by atoms with E-state index in [1.165, 1.54) is 6.33 Å². The molecule has 0 saturated heterocycles. The second kappa shape index (κ2) is 6.19. The highest BCUT2D eigenvalue weighted by Crippen LogP contribution is 2.23. The number of benzene rings is 1. The number of aryl methyl sites for hydroxylation is 1. The van der Waals surface area contributed by atoms with Gasteiger partial charge in [0, 0.05) is 11.3 Å². The molecule has 1 aromatic carbocycles. The van der Waals surface area contributed by atoms with Crippen LogP contribution in [0.3, 0.4) is 0 Å². The molecule has 0 saturated carbocycles.